The standard InChI is InChI=1S/C24H25N3OS/c1-28-22-14-12-21(13-15-22)23-18-29-24(25-16-19-8-4-2-5-9-19)27(23)26-17-20-10-6-3-7-11-20/h2-6,8-9,12-15,17-18,20H,7,10-11,16H2,1H3. The molecule has 3 aromatic rings. The highest BCUT2D eigenvalue weighted by Gasteiger charge is 2.10. The first-order valence-corrected chi connectivity index (χ1v) is 10.8. The molecule has 2 aromatic carbocycles. The molecule has 4 nitrogen and oxygen atoms in total. The van der Waals surface area contributed by atoms with E-state index in [4.69, 9.17) is 14.8 Å². The summed E-state index contributed by atoms with van der Waals surface area (Å²) in [6, 6.07) is 18.4. The van der Waals surface area contributed by atoms with Gasteiger partial charge in [-0.25, -0.2) is 4.68 Å². The van der Waals surface area contributed by atoms with Gasteiger partial charge in [-0.3, -0.25) is 4.99 Å². The SMILES string of the molecule is COc1ccc(-c2csc(=NCc3ccccc3)n2N=CC2CC=CCC2)cc1. The van der Waals surface area contributed by atoms with E-state index in [2.05, 4.69) is 48.0 Å². The van der Waals surface area contributed by atoms with Gasteiger partial charge in [0.2, 0.25) is 4.80 Å². The highest BCUT2D eigenvalue weighted by molar-refractivity contribution is 7.07. The second-order valence-electron chi connectivity index (χ2n) is 7.05. The minimum atomic E-state index is 0.484. The van der Waals surface area contributed by atoms with Crippen LogP contribution in [0.25, 0.3) is 11.3 Å². The molecule has 0 aliphatic heterocycles. The van der Waals surface area contributed by atoms with E-state index < -0.39 is 0 Å². The molecule has 0 N–H and O–H groups in total. The lowest BCUT2D eigenvalue weighted by atomic mass is 9.96. The van der Waals surface area contributed by atoms with Crippen molar-refractivity contribution in [3.8, 4) is 17.0 Å². The zero-order valence-corrected chi connectivity index (χ0v) is 17.4. The molecular weight excluding hydrogens is 378 g/mol. The number of ether oxygens (including phenoxy) is 1. The van der Waals surface area contributed by atoms with E-state index in [1.165, 1.54) is 5.56 Å². The monoisotopic (exact) mass is 403 g/mol. The Morgan fingerprint density at radius 1 is 1.10 bits per heavy atom. The Bertz CT molecular complexity index is 1050. The van der Waals surface area contributed by atoms with Crippen molar-refractivity contribution < 1.29 is 4.74 Å². The molecule has 4 rings (SSSR count). The number of methoxy groups -OCH3 is 1. The predicted molar refractivity (Wildman–Crippen MR) is 120 cm³/mol. The van der Waals surface area contributed by atoms with Gasteiger partial charge in [0.05, 0.1) is 19.3 Å². The second kappa shape index (κ2) is 9.52. The van der Waals surface area contributed by atoms with Crippen LogP contribution in [-0.4, -0.2) is 18.0 Å². The fourth-order valence-corrected chi connectivity index (χ4v) is 4.17. The molecule has 0 saturated carbocycles. The van der Waals surface area contributed by atoms with Gasteiger partial charge >= 0.3 is 0 Å². The van der Waals surface area contributed by atoms with Crippen LogP contribution in [0.15, 0.2) is 82.2 Å². The Morgan fingerprint density at radius 2 is 1.93 bits per heavy atom. The molecule has 0 radical (unpaired) electrons. The molecule has 1 heterocycles. The molecule has 1 aliphatic carbocycles. The van der Waals surface area contributed by atoms with Gasteiger partial charge in [-0.2, -0.15) is 5.10 Å². The maximum atomic E-state index is 5.30. The highest BCUT2D eigenvalue weighted by Crippen LogP contribution is 2.23. The molecule has 1 aromatic heterocycles. The molecular formula is C24H25N3OS. The summed E-state index contributed by atoms with van der Waals surface area (Å²) in [6.07, 6.45) is 9.93. The molecule has 0 bridgehead atoms. The van der Waals surface area contributed by atoms with Crippen molar-refractivity contribution in [2.75, 3.05) is 7.11 Å². The van der Waals surface area contributed by atoms with E-state index in [-0.39, 0.29) is 0 Å². The van der Waals surface area contributed by atoms with Crippen LogP contribution in [0.2, 0.25) is 0 Å². The van der Waals surface area contributed by atoms with Gasteiger partial charge in [0.25, 0.3) is 0 Å². The Hall–Kier alpha value is -2.92. The number of aromatic nitrogens is 1. The van der Waals surface area contributed by atoms with Crippen molar-refractivity contribution in [3.05, 3.63) is 82.5 Å². The van der Waals surface area contributed by atoms with Crippen molar-refractivity contribution in [1.29, 1.82) is 0 Å². The Balaban J connectivity index is 1.69. The Labute approximate surface area is 175 Å². The number of hydrogen-bond acceptors (Lipinski definition) is 4. The van der Waals surface area contributed by atoms with Gasteiger partial charge in [-0.1, -0.05) is 42.5 Å². The van der Waals surface area contributed by atoms with Crippen LogP contribution < -0.4 is 9.54 Å². The number of hydrogen-bond donors (Lipinski definition) is 0. The normalized spacial score (nSPS) is 17.1. The predicted octanol–water partition coefficient (Wildman–Crippen LogP) is 5.52. The lowest BCUT2D eigenvalue weighted by Crippen LogP contribution is -2.14. The average molecular weight is 404 g/mol. The van der Waals surface area contributed by atoms with Crippen molar-refractivity contribution >= 4 is 17.6 Å². The summed E-state index contributed by atoms with van der Waals surface area (Å²) in [5.41, 5.74) is 3.34. The smallest absolute Gasteiger partial charge is 0.206 e. The van der Waals surface area contributed by atoms with Crippen LogP contribution in [0.3, 0.4) is 0 Å². The number of nitrogens with zero attached hydrogens (tertiary/aromatic N) is 3. The molecule has 148 valence electrons. The van der Waals surface area contributed by atoms with E-state index in [0.29, 0.717) is 12.5 Å². The summed E-state index contributed by atoms with van der Waals surface area (Å²) < 4.78 is 7.28. The first kappa shape index (κ1) is 19.4. The summed E-state index contributed by atoms with van der Waals surface area (Å²) in [4.78, 5) is 5.75. The zero-order chi connectivity index (χ0) is 19.9. The van der Waals surface area contributed by atoms with E-state index in [1.807, 2.05) is 35.0 Å². The van der Waals surface area contributed by atoms with Crippen molar-refractivity contribution in [3.63, 3.8) is 0 Å². The number of thiazole rings is 1. The van der Waals surface area contributed by atoms with Crippen molar-refractivity contribution in [1.82, 2.24) is 4.68 Å². The van der Waals surface area contributed by atoms with Crippen LogP contribution in [-0.2, 0) is 6.54 Å². The lowest BCUT2D eigenvalue weighted by molar-refractivity contribution is 0.415. The molecule has 0 amide bonds. The van der Waals surface area contributed by atoms with Gasteiger partial charge in [-0.15, -0.1) is 11.3 Å². The molecule has 0 fully saturated rings. The number of benzene rings is 2. The number of rotatable bonds is 6. The van der Waals surface area contributed by atoms with Crippen LogP contribution in [0.1, 0.15) is 24.8 Å². The average Bonchev–Trinajstić information content (AvgIpc) is 3.20. The summed E-state index contributed by atoms with van der Waals surface area (Å²) in [5, 5.41) is 6.99. The van der Waals surface area contributed by atoms with Gasteiger partial charge in [0, 0.05) is 17.2 Å². The van der Waals surface area contributed by atoms with Crippen LogP contribution in [0, 0.1) is 5.92 Å². The maximum Gasteiger partial charge on any atom is 0.206 e. The summed E-state index contributed by atoms with van der Waals surface area (Å²) in [5.74, 6) is 1.33. The summed E-state index contributed by atoms with van der Waals surface area (Å²) in [7, 11) is 1.68. The zero-order valence-electron chi connectivity index (χ0n) is 16.6. The second-order valence-corrected chi connectivity index (χ2v) is 7.89. The van der Waals surface area contributed by atoms with Gasteiger partial charge < -0.3 is 4.74 Å². The van der Waals surface area contributed by atoms with E-state index in [9.17, 15) is 0 Å². The van der Waals surface area contributed by atoms with Crippen molar-refractivity contribution in [2.45, 2.75) is 25.8 Å². The molecule has 5 heteroatoms. The maximum absolute atomic E-state index is 5.30. The van der Waals surface area contributed by atoms with E-state index in [0.717, 1.165) is 41.1 Å². The highest BCUT2D eigenvalue weighted by atomic mass is 32.1. The Kier molecular flexibility index (Phi) is 6.37. The van der Waals surface area contributed by atoms with E-state index in [1.54, 1.807) is 18.4 Å². The minimum Gasteiger partial charge on any atom is -0.497 e. The van der Waals surface area contributed by atoms with Gasteiger partial charge in [0.1, 0.15) is 5.75 Å². The largest absolute Gasteiger partial charge is 0.497 e. The van der Waals surface area contributed by atoms with Gasteiger partial charge in [0.15, 0.2) is 0 Å². The van der Waals surface area contributed by atoms with Crippen LogP contribution in [0.4, 0.5) is 0 Å². The van der Waals surface area contributed by atoms with Crippen molar-refractivity contribution in [2.24, 2.45) is 16.0 Å². The molecule has 1 atom stereocenters. The molecule has 1 unspecified atom stereocenters. The third-order valence-corrected chi connectivity index (χ3v) is 5.87. The number of allylic oxidation sites excluding steroid dienone is 2. The summed E-state index contributed by atoms with van der Waals surface area (Å²) in [6.45, 7) is 0.644. The minimum absolute atomic E-state index is 0.484. The molecule has 1 aliphatic rings. The first-order valence-electron chi connectivity index (χ1n) is 9.92. The lowest BCUT2D eigenvalue weighted by Gasteiger charge is -2.12. The quantitative estimate of drug-likeness (QED) is 0.395. The first-order chi connectivity index (χ1) is 14.3. The third kappa shape index (κ3) is 4.93. The molecule has 29 heavy (non-hydrogen) atoms. The van der Waals surface area contributed by atoms with E-state index >= 15 is 0 Å². The summed E-state index contributed by atoms with van der Waals surface area (Å²) >= 11 is 1.62. The molecule has 0 saturated heterocycles. The topological polar surface area (TPSA) is 38.9 Å². The Morgan fingerprint density at radius 3 is 2.66 bits per heavy atom. The molecule has 0 spiro atoms. The fourth-order valence-electron chi connectivity index (χ4n) is 3.34. The van der Waals surface area contributed by atoms with Crippen LogP contribution in [0.5, 0.6) is 5.75 Å². The fraction of sp³-hybridized carbons (Fsp3) is 0.250. The third-order valence-electron chi connectivity index (χ3n) is 5.01. The van der Waals surface area contributed by atoms with Crippen LogP contribution >= 0.6 is 11.3 Å². The van der Waals surface area contributed by atoms with Gasteiger partial charge in [-0.05, 0) is 55.0 Å².